The van der Waals surface area contributed by atoms with Crippen molar-refractivity contribution in [3.63, 3.8) is 0 Å². The monoisotopic (exact) mass is 251 g/mol. The predicted octanol–water partition coefficient (Wildman–Crippen LogP) is 2.34. The van der Waals surface area contributed by atoms with E-state index in [1.54, 1.807) is 6.20 Å². The second-order valence-corrected chi connectivity index (χ2v) is 3.61. The summed E-state index contributed by atoms with van der Waals surface area (Å²) in [7, 11) is 0. The van der Waals surface area contributed by atoms with Gasteiger partial charge in [0.25, 0.3) is 0 Å². The topological polar surface area (TPSA) is 48.7 Å². The number of benzene rings is 1. The van der Waals surface area contributed by atoms with Gasteiger partial charge in [0.15, 0.2) is 10.3 Å². The van der Waals surface area contributed by atoms with E-state index in [1.807, 2.05) is 30.3 Å². The van der Waals surface area contributed by atoms with Crippen molar-refractivity contribution in [2.75, 3.05) is 0 Å². The van der Waals surface area contributed by atoms with Crippen LogP contribution < -0.4 is 0 Å². The van der Waals surface area contributed by atoms with Gasteiger partial charge in [0.1, 0.15) is 0 Å². The molecule has 1 heterocycles. The SMILES string of the molecule is [OH2+]c1nc(-c2ccccc2)ncc1Br. The second-order valence-electron chi connectivity index (χ2n) is 2.76. The van der Waals surface area contributed by atoms with Gasteiger partial charge in [-0.3, -0.25) is 0 Å². The van der Waals surface area contributed by atoms with Crippen LogP contribution >= 0.6 is 15.9 Å². The molecule has 0 amide bonds. The molecule has 0 saturated carbocycles. The summed E-state index contributed by atoms with van der Waals surface area (Å²) >= 11 is 3.19. The molecule has 0 unspecified atom stereocenters. The van der Waals surface area contributed by atoms with E-state index >= 15 is 0 Å². The summed E-state index contributed by atoms with van der Waals surface area (Å²) in [5.41, 5.74) is 0.925. The van der Waals surface area contributed by atoms with Crippen molar-refractivity contribution in [1.82, 2.24) is 9.97 Å². The van der Waals surface area contributed by atoms with E-state index in [0.29, 0.717) is 10.3 Å². The van der Waals surface area contributed by atoms with Crippen molar-refractivity contribution in [1.29, 1.82) is 0 Å². The van der Waals surface area contributed by atoms with Crippen LogP contribution in [0.25, 0.3) is 11.4 Å². The molecule has 0 radical (unpaired) electrons. The van der Waals surface area contributed by atoms with Crippen LogP contribution in [0.15, 0.2) is 41.0 Å². The van der Waals surface area contributed by atoms with E-state index in [1.165, 1.54) is 0 Å². The van der Waals surface area contributed by atoms with Crippen molar-refractivity contribution in [3.8, 4) is 17.3 Å². The average molecular weight is 252 g/mol. The number of hydrogen-bond donors (Lipinski definition) is 0. The van der Waals surface area contributed by atoms with Crippen LogP contribution in [0.3, 0.4) is 0 Å². The maximum atomic E-state index is 7.51. The first-order chi connectivity index (χ1) is 6.77. The molecule has 70 valence electrons. The lowest BCUT2D eigenvalue weighted by Crippen LogP contribution is -1.88. The molecule has 0 saturated heterocycles. The van der Waals surface area contributed by atoms with Crippen LogP contribution in [0.1, 0.15) is 0 Å². The summed E-state index contributed by atoms with van der Waals surface area (Å²) in [6.07, 6.45) is 1.59. The molecule has 2 aromatic rings. The number of nitrogens with zero attached hydrogens (tertiary/aromatic N) is 2. The summed E-state index contributed by atoms with van der Waals surface area (Å²) in [5, 5.41) is 7.51. The average Bonchev–Trinajstić information content (AvgIpc) is 2.23. The normalized spacial score (nSPS) is 10.1. The van der Waals surface area contributed by atoms with E-state index in [9.17, 15) is 0 Å². The minimum absolute atomic E-state index is 0.207. The van der Waals surface area contributed by atoms with Gasteiger partial charge in [0.2, 0.25) is 0 Å². The molecule has 1 aromatic heterocycles. The highest BCUT2D eigenvalue weighted by atomic mass is 79.9. The van der Waals surface area contributed by atoms with Gasteiger partial charge >= 0.3 is 5.88 Å². The summed E-state index contributed by atoms with van der Waals surface area (Å²) in [5.74, 6) is 0.789. The standard InChI is InChI=1S/C10H7BrN2O/c11-8-6-12-9(13-10(8)14)7-4-2-1-3-5-7/h1-6H,(H,12,13,14)/p+1. The van der Waals surface area contributed by atoms with Gasteiger partial charge in [0.05, 0.1) is 6.20 Å². The number of rotatable bonds is 1. The molecule has 0 aliphatic heterocycles. The van der Waals surface area contributed by atoms with E-state index in [4.69, 9.17) is 5.11 Å². The molecule has 14 heavy (non-hydrogen) atoms. The lowest BCUT2D eigenvalue weighted by Gasteiger charge is -1.98. The smallest absolute Gasteiger partial charge is 0.375 e. The van der Waals surface area contributed by atoms with Crippen molar-refractivity contribution in [2.24, 2.45) is 0 Å². The molecule has 0 fully saturated rings. The van der Waals surface area contributed by atoms with E-state index in [2.05, 4.69) is 25.9 Å². The first kappa shape index (κ1) is 9.15. The second kappa shape index (κ2) is 3.75. The molecule has 2 N–H and O–H groups in total. The Morgan fingerprint density at radius 3 is 2.50 bits per heavy atom. The fourth-order valence-corrected chi connectivity index (χ4v) is 1.28. The third-order valence-electron chi connectivity index (χ3n) is 1.78. The minimum atomic E-state index is 0.207. The first-order valence-corrected chi connectivity index (χ1v) is 4.86. The molecule has 1 aromatic carbocycles. The van der Waals surface area contributed by atoms with Gasteiger partial charge in [-0.25, -0.2) is 4.98 Å². The van der Waals surface area contributed by atoms with Crippen LogP contribution in [0.2, 0.25) is 0 Å². The Morgan fingerprint density at radius 1 is 1.14 bits per heavy atom. The van der Waals surface area contributed by atoms with E-state index < -0.39 is 0 Å². The van der Waals surface area contributed by atoms with Crippen molar-refractivity contribution >= 4 is 15.9 Å². The summed E-state index contributed by atoms with van der Waals surface area (Å²) in [6.45, 7) is 0. The molecule has 4 heteroatoms. The van der Waals surface area contributed by atoms with Crippen molar-refractivity contribution < 1.29 is 5.11 Å². The maximum absolute atomic E-state index is 7.51. The van der Waals surface area contributed by atoms with Gasteiger partial charge in [-0.1, -0.05) is 30.3 Å². The molecule has 0 aliphatic carbocycles. The Morgan fingerprint density at radius 2 is 1.86 bits per heavy atom. The number of hydrogen-bond acceptors (Lipinski definition) is 2. The summed E-state index contributed by atoms with van der Waals surface area (Å²) in [6, 6.07) is 9.62. The van der Waals surface area contributed by atoms with Crippen molar-refractivity contribution in [2.45, 2.75) is 0 Å². The zero-order valence-corrected chi connectivity index (χ0v) is 8.82. The molecular weight excluding hydrogens is 244 g/mol. The van der Waals surface area contributed by atoms with Crippen LogP contribution in [0, 0.1) is 0 Å². The number of aromatic nitrogens is 2. The van der Waals surface area contributed by atoms with Gasteiger partial charge in [0, 0.05) is 5.56 Å². The molecular formula is C10H8BrN2O+. The quantitative estimate of drug-likeness (QED) is 0.731. The summed E-state index contributed by atoms with van der Waals surface area (Å²) < 4.78 is 0.609. The highest BCUT2D eigenvalue weighted by Crippen LogP contribution is 2.23. The molecule has 0 atom stereocenters. The lowest BCUT2D eigenvalue weighted by atomic mass is 10.2. The lowest BCUT2D eigenvalue weighted by molar-refractivity contribution is 0.449. The molecule has 0 bridgehead atoms. The predicted molar refractivity (Wildman–Crippen MR) is 58.2 cm³/mol. The number of halogens is 1. The molecule has 0 spiro atoms. The zero-order chi connectivity index (χ0) is 9.97. The van der Waals surface area contributed by atoms with Crippen LogP contribution in [0.4, 0.5) is 0 Å². The van der Waals surface area contributed by atoms with Gasteiger partial charge in [-0.05, 0) is 15.9 Å². The molecule has 2 rings (SSSR count). The van der Waals surface area contributed by atoms with E-state index in [-0.39, 0.29) is 5.88 Å². The minimum Gasteiger partial charge on any atom is -0.578 e. The zero-order valence-electron chi connectivity index (χ0n) is 7.24. The fraction of sp³-hybridized carbons (Fsp3) is 0. The third-order valence-corrected chi connectivity index (χ3v) is 2.36. The molecule has 3 nitrogen and oxygen atoms in total. The highest BCUT2D eigenvalue weighted by Gasteiger charge is 2.07. The first-order valence-electron chi connectivity index (χ1n) is 4.07. The fourth-order valence-electron chi connectivity index (χ4n) is 1.09. The third kappa shape index (κ3) is 1.75. The van der Waals surface area contributed by atoms with Crippen molar-refractivity contribution in [3.05, 3.63) is 41.0 Å². The van der Waals surface area contributed by atoms with Crippen LogP contribution in [-0.4, -0.2) is 15.1 Å². The van der Waals surface area contributed by atoms with Gasteiger partial charge in [-0.2, -0.15) is 0 Å². The Labute approximate surface area is 89.6 Å². The van der Waals surface area contributed by atoms with Gasteiger partial charge in [-0.15, -0.1) is 4.98 Å². The van der Waals surface area contributed by atoms with Gasteiger partial charge < -0.3 is 5.11 Å². The van der Waals surface area contributed by atoms with Crippen LogP contribution in [0.5, 0.6) is 5.88 Å². The Bertz CT molecular complexity index is 445. The Hall–Kier alpha value is -1.42. The largest absolute Gasteiger partial charge is 0.578 e. The highest BCUT2D eigenvalue weighted by molar-refractivity contribution is 9.10. The molecule has 0 aliphatic rings. The Balaban J connectivity index is 2.48. The summed E-state index contributed by atoms with van der Waals surface area (Å²) in [4.78, 5) is 8.18. The van der Waals surface area contributed by atoms with E-state index in [0.717, 1.165) is 5.56 Å². The maximum Gasteiger partial charge on any atom is 0.375 e. The Kier molecular flexibility index (Phi) is 2.45. The van der Waals surface area contributed by atoms with Crippen LogP contribution in [-0.2, 0) is 0 Å².